The van der Waals surface area contributed by atoms with Crippen LogP contribution in [0.25, 0.3) is 0 Å². The Labute approximate surface area is 115 Å². The van der Waals surface area contributed by atoms with Gasteiger partial charge in [-0.2, -0.15) is 0 Å². The highest BCUT2D eigenvalue weighted by Crippen LogP contribution is 2.21. The molecule has 1 saturated heterocycles. The van der Waals surface area contributed by atoms with Crippen LogP contribution in [0.1, 0.15) is 16.9 Å². The first-order valence-electron chi connectivity index (χ1n) is 5.61. The molecule has 1 atom stereocenters. The number of hydrogen-bond donors (Lipinski definition) is 2. The number of anilines is 1. The lowest BCUT2D eigenvalue weighted by molar-refractivity contribution is 0.0690. The van der Waals surface area contributed by atoms with Gasteiger partial charge in [0.2, 0.25) is 10.0 Å². The second-order valence-corrected chi connectivity index (χ2v) is 8.60. The largest absolute Gasteiger partial charge is 0.477 e. The minimum absolute atomic E-state index is 0.0539. The maximum absolute atomic E-state index is 12.0. The maximum atomic E-state index is 12.0. The van der Waals surface area contributed by atoms with E-state index in [1.165, 1.54) is 6.07 Å². The van der Waals surface area contributed by atoms with Crippen molar-refractivity contribution >= 4 is 31.5 Å². The summed E-state index contributed by atoms with van der Waals surface area (Å²) in [6.07, 6.45) is 1.13. The summed E-state index contributed by atoms with van der Waals surface area (Å²) in [5, 5.41) is 7.68. The van der Waals surface area contributed by atoms with Crippen LogP contribution in [0.4, 0.5) is 5.69 Å². The molecule has 1 aliphatic rings. The molecule has 2 heterocycles. The van der Waals surface area contributed by atoms with Crippen molar-refractivity contribution in [2.24, 2.45) is 0 Å². The molecule has 0 amide bonds. The SMILES string of the molecule is O=C(O)c1ccc(NS(=O)(=O)C2CCS(=O)(=O)C2)cn1. The second kappa shape index (κ2) is 5.02. The van der Waals surface area contributed by atoms with Crippen molar-refractivity contribution in [2.75, 3.05) is 16.2 Å². The van der Waals surface area contributed by atoms with Crippen molar-refractivity contribution in [3.63, 3.8) is 0 Å². The van der Waals surface area contributed by atoms with E-state index < -0.39 is 36.8 Å². The van der Waals surface area contributed by atoms with Crippen molar-refractivity contribution in [3.05, 3.63) is 24.0 Å². The first-order valence-corrected chi connectivity index (χ1v) is 8.98. The van der Waals surface area contributed by atoms with Crippen LogP contribution in [-0.2, 0) is 19.9 Å². The van der Waals surface area contributed by atoms with Crippen LogP contribution in [-0.4, -0.2) is 49.7 Å². The van der Waals surface area contributed by atoms with Crippen LogP contribution < -0.4 is 4.72 Å². The van der Waals surface area contributed by atoms with Crippen LogP contribution in [0.2, 0.25) is 0 Å². The second-order valence-electron chi connectivity index (χ2n) is 4.41. The van der Waals surface area contributed by atoms with Gasteiger partial charge >= 0.3 is 5.97 Å². The zero-order valence-corrected chi connectivity index (χ0v) is 11.8. The Balaban J connectivity index is 2.14. The molecule has 2 rings (SSSR count). The molecule has 20 heavy (non-hydrogen) atoms. The summed E-state index contributed by atoms with van der Waals surface area (Å²) in [7, 11) is -7.14. The molecule has 0 aromatic carbocycles. The number of aromatic carboxylic acids is 1. The Morgan fingerprint density at radius 3 is 2.55 bits per heavy atom. The van der Waals surface area contributed by atoms with Gasteiger partial charge in [-0.1, -0.05) is 0 Å². The van der Waals surface area contributed by atoms with E-state index >= 15 is 0 Å². The molecule has 0 saturated carbocycles. The summed E-state index contributed by atoms with van der Waals surface area (Å²) in [4.78, 5) is 14.2. The minimum Gasteiger partial charge on any atom is -0.477 e. The lowest BCUT2D eigenvalue weighted by Gasteiger charge is -2.12. The van der Waals surface area contributed by atoms with E-state index in [4.69, 9.17) is 5.11 Å². The molecule has 10 heteroatoms. The molecule has 2 N–H and O–H groups in total. The maximum Gasteiger partial charge on any atom is 0.354 e. The quantitative estimate of drug-likeness (QED) is 0.779. The van der Waals surface area contributed by atoms with Crippen molar-refractivity contribution < 1.29 is 26.7 Å². The lowest BCUT2D eigenvalue weighted by atomic mass is 10.3. The van der Waals surface area contributed by atoms with Gasteiger partial charge in [0.15, 0.2) is 9.84 Å². The van der Waals surface area contributed by atoms with Crippen LogP contribution in [0.15, 0.2) is 18.3 Å². The van der Waals surface area contributed by atoms with E-state index in [0.29, 0.717) is 0 Å². The van der Waals surface area contributed by atoms with Gasteiger partial charge in [-0.25, -0.2) is 26.6 Å². The van der Waals surface area contributed by atoms with Gasteiger partial charge < -0.3 is 5.11 Å². The topological polar surface area (TPSA) is 130 Å². The standard InChI is InChI=1S/C10H12N2O6S2/c13-10(14)9-2-1-7(5-11-9)12-20(17,18)8-3-4-19(15,16)6-8/h1-2,5,8,12H,3-4,6H2,(H,13,14). The third-order valence-electron chi connectivity index (χ3n) is 2.87. The first kappa shape index (κ1) is 14.7. The van der Waals surface area contributed by atoms with E-state index in [1.807, 2.05) is 0 Å². The predicted octanol–water partition coefficient (Wildman–Crippen LogP) is -0.291. The summed E-state index contributed by atoms with van der Waals surface area (Å²) < 4.78 is 48.8. The molecule has 0 aliphatic carbocycles. The molecule has 1 aromatic heterocycles. The average Bonchev–Trinajstić information content (AvgIpc) is 2.70. The van der Waals surface area contributed by atoms with Crippen molar-refractivity contribution in [3.8, 4) is 0 Å². The summed E-state index contributed by atoms with van der Waals surface area (Å²) >= 11 is 0. The fraction of sp³-hybridized carbons (Fsp3) is 0.400. The molecule has 1 unspecified atom stereocenters. The van der Waals surface area contributed by atoms with Gasteiger partial charge in [-0.05, 0) is 18.6 Å². The first-order chi connectivity index (χ1) is 9.20. The van der Waals surface area contributed by atoms with Gasteiger partial charge in [0, 0.05) is 0 Å². The highest BCUT2D eigenvalue weighted by Gasteiger charge is 2.37. The Morgan fingerprint density at radius 1 is 1.40 bits per heavy atom. The Bertz CT molecular complexity index is 724. The van der Waals surface area contributed by atoms with E-state index in [1.54, 1.807) is 0 Å². The molecule has 1 aliphatic heterocycles. The van der Waals surface area contributed by atoms with E-state index in [2.05, 4.69) is 9.71 Å². The van der Waals surface area contributed by atoms with E-state index in [-0.39, 0.29) is 23.6 Å². The summed E-state index contributed by atoms with van der Waals surface area (Å²) in [5.74, 6) is -1.76. The fourth-order valence-corrected chi connectivity index (χ4v) is 5.91. The molecule has 1 fully saturated rings. The molecular formula is C10H12N2O6S2. The Morgan fingerprint density at radius 2 is 2.10 bits per heavy atom. The number of sulfone groups is 1. The average molecular weight is 320 g/mol. The van der Waals surface area contributed by atoms with Gasteiger partial charge in [-0.15, -0.1) is 0 Å². The molecular weight excluding hydrogens is 308 g/mol. The lowest BCUT2D eigenvalue weighted by Crippen LogP contribution is -2.28. The van der Waals surface area contributed by atoms with Gasteiger partial charge in [-0.3, -0.25) is 4.72 Å². The number of pyridine rings is 1. The highest BCUT2D eigenvalue weighted by atomic mass is 32.2. The number of carbonyl (C=O) groups is 1. The van der Waals surface area contributed by atoms with Crippen LogP contribution in [0.3, 0.4) is 0 Å². The number of aromatic nitrogens is 1. The van der Waals surface area contributed by atoms with E-state index in [9.17, 15) is 21.6 Å². The minimum atomic E-state index is -3.83. The Hall–Kier alpha value is -1.68. The van der Waals surface area contributed by atoms with Crippen molar-refractivity contribution in [1.82, 2.24) is 4.98 Å². The third-order valence-corrected chi connectivity index (χ3v) is 6.65. The molecule has 110 valence electrons. The van der Waals surface area contributed by atoms with Crippen LogP contribution in [0, 0.1) is 0 Å². The number of carboxylic acids is 1. The zero-order valence-electron chi connectivity index (χ0n) is 10.2. The molecule has 0 spiro atoms. The predicted molar refractivity (Wildman–Crippen MR) is 70.8 cm³/mol. The number of rotatable bonds is 4. The van der Waals surface area contributed by atoms with Crippen LogP contribution >= 0.6 is 0 Å². The molecule has 1 aromatic rings. The number of sulfonamides is 1. The van der Waals surface area contributed by atoms with Gasteiger partial charge in [0.1, 0.15) is 5.69 Å². The van der Waals surface area contributed by atoms with Gasteiger partial charge in [0.25, 0.3) is 0 Å². The van der Waals surface area contributed by atoms with Crippen molar-refractivity contribution in [2.45, 2.75) is 11.7 Å². The normalized spacial score (nSPS) is 21.5. The van der Waals surface area contributed by atoms with Crippen molar-refractivity contribution in [1.29, 1.82) is 0 Å². The molecule has 0 radical (unpaired) electrons. The fourth-order valence-electron chi connectivity index (χ4n) is 1.83. The van der Waals surface area contributed by atoms with E-state index in [0.717, 1.165) is 12.3 Å². The third kappa shape index (κ3) is 3.25. The zero-order chi connectivity index (χ0) is 15.0. The number of nitrogens with zero attached hydrogens (tertiary/aromatic N) is 1. The monoisotopic (exact) mass is 320 g/mol. The smallest absolute Gasteiger partial charge is 0.354 e. The van der Waals surface area contributed by atoms with Crippen LogP contribution in [0.5, 0.6) is 0 Å². The summed E-state index contributed by atoms with van der Waals surface area (Å²) in [6.45, 7) is 0. The number of hydrogen-bond acceptors (Lipinski definition) is 6. The summed E-state index contributed by atoms with van der Waals surface area (Å²) in [5.41, 5.74) is -0.115. The molecule has 8 nitrogen and oxygen atoms in total. The highest BCUT2D eigenvalue weighted by molar-refractivity contribution is 7.97. The molecule has 0 bridgehead atoms. The number of carboxylic acid groups (broad SMARTS) is 1. The Kier molecular flexibility index (Phi) is 3.69. The summed E-state index contributed by atoms with van der Waals surface area (Å²) in [6, 6.07) is 2.42. The number of nitrogens with one attached hydrogen (secondary N) is 1. The van der Waals surface area contributed by atoms with Gasteiger partial charge in [0.05, 0.1) is 28.6 Å².